The first-order valence-electron chi connectivity index (χ1n) is 7.58. The first-order valence-corrected chi connectivity index (χ1v) is 7.96. The Morgan fingerprint density at radius 2 is 1.76 bits per heavy atom. The first kappa shape index (κ1) is 16.8. The molecule has 2 N–H and O–H groups in total. The summed E-state index contributed by atoms with van der Waals surface area (Å²) < 4.78 is 5.24. The van der Waals surface area contributed by atoms with Crippen LogP contribution in [0.1, 0.15) is 10.4 Å². The standard InChI is InChI=1S/C19H16ClN3O2/c1-25-18-9-5-4-8-17(18)23-19(24)13-10-14(12-21-11-13)22-16-7-3-2-6-15(16)20/h2-12,22H,1H3,(H,23,24). The van der Waals surface area contributed by atoms with Crippen LogP contribution in [-0.2, 0) is 0 Å². The highest BCUT2D eigenvalue weighted by Crippen LogP contribution is 2.26. The van der Waals surface area contributed by atoms with Crippen LogP contribution in [0.4, 0.5) is 17.1 Å². The fourth-order valence-electron chi connectivity index (χ4n) is 2.29. The van der Waals surface area contributed by atoms with Crippen molar-refractivity contribution in [1.82, 2.24) is 4.98 Å². The fraction of sp³-hybridized carbons (Fsp3) is 0.0526. The summed E-state index contributed by atoms with van der Waals surface area (Å²) in [5, 5.41) is 6.57. The molecule has 1 heterocycles. The van der Waals surface area contributed by atoms with Crippen molar-refractivity contribution in [3.05, 3.63) is 77.6 Å². The smallest absolute Gasteiger partial charge is 0.257 e. The van der Waals surface area contributed by atoms with Crippen LogP contribution in [0.15, 0.2) is 67.0 Å². The van der Waals surface area contributed by atoms with E-state index >= 15 is 0 Å². The van der Waals surface area contributed by atoms with E-state index < -0.39 is 0 Å². The predicted molar refractivity (Wildman–Crippen MR) is 99.9 cm³/mol. The number of anilines is 3. The zero-order valence-electron chi connectivity index (χ0n) is 13.5. The Morgan fingerprint density at radius 3 is 2.52 bits per heavy atom. The van der Waals surface area contributed by atoms with E-state index in [1.807, 2.05) is 30.3 Å². The van der Waals surface area contributed by atoms with Crippen LogP contribution in [0.25, 0.3) is 0 Å². The van der Waals surface area contributed by atoms with Crippen LogP contribution in [0.3, 0.4) is 0 Å². The Balaban J connectivity index is 1.79. The van der Waals surface area contributed by atoms with Gasteiger partial charge in [0, 0.05) is 6.20 Å². The highest BCUT2D eigenvalue weighted by Gasteiger charge is 2.11. The van der Waals surface area contributed by atoms with E-state index in [2.05, 4.69) is 15.6 Å². The van der Waals surface area contributed by atoms with Crippen molar-refractivity contribution in [1.29, 1.82) is 0 Å². The Kier molecular flexibility index (Phi) is 5.16. The van der Waals surface area contributed by atoms with Gasteiger partial charge in [0.25, 0.3) is 5.91 Å². The molecule has 0 radical (unpaired) electrons. The molecule has 0 aliphatic carbocycles. The van der Waals surface area contributed by atoms with Crippen LogP contribution in [0.2, 0.25) is 5.02 Å². The molecule has 0 spiro atoms. The van der Waals surface area contributed by atoms with Crippen molar-refractivity contribution in [2.75, 3.05) is 17.7 Å². The maximum absolute atomic E-state index is 12.5. The van der Waals surface area contributed by atoms with Gasteiger partial charge in [-0.05, 0) is 30.3 Å². The molecule has 25 heavy (non-hydrogen) atoms. The maximum Gasteiger partial charge on any atom is 0.257 e. The number of hydrogen-bond donors (Lipinski definition) is 2. The number of nitrogens with zero attached hydrogens (tertiary/aromatic N) is 1. The zero-order chi connectivity index (χ0) is 17.6. The Morgan fingerprint density at radius 1 is 1.04 bits per heavy atom. The van der Waals surface area contributed by atoms with Gasteiger partial charge < -0.3 is 15.4 Å². The number of pyridine rings is 1. The molecule has 126 valence electrons. The number of hydrogen-bond acceptors (Lipinski definition) is 4. The number of aromatic nitrogens is 1. The van der Waals surface area contributed by atoms with E-state index in [4.69, 9.17) is 16.3 Å². The second-order valence-corrected chi connectivity index (χ2v) is 5.63. The van der Waals surface area contributed by atoms with Gasteiger partial charge in [-0.1, -0.05) is 35.9 Å². The molecule has 0 aliphatic rings. The Hall–Kier alpha value is -3.05. The molecule has 0 fully saturated rings. The van der Waals surface area contributed by atoms with Gasteiger partial charge >= 0.3 is 0 Å². The molecule has 1 aromatic heterocycles. The molecule has 5 nitrogen and oxygen atoms in total. The molecular formula is C19H16ClN3O2. The fourth-order valence-corrected chi connectivity index (χ4v) is 2.48. The number of carbonyl (C=O) groups is 1. The second-order valence-electron chi connectivity index (χ2n) is 5.22. The number of ether oxygens (including phenoxy) is 1. The molecule has 0 saturated heterocycles. The monoisotopic (exact) mass is 353 g/mol. The van der Waals surface area contributed by atoms with Crippen molar-refractivity contribution in [2.45, 2.75) is 0 Å². The highest BCUT2D eigenvalue weighted by atomic mass is 35.5. The summed E-state index contributed by atoms with van der Waals surface area (Å²) in [6.07, 6.45) is 3.13. The summed E-state index contributed by atoms with van der Waals surface area (Å²) >= 11 is 6.14. The van der Waals surface area contributed by atoms with Crippen molar-refractivity contribution in [3.63, 3.8) is 0 Å². The largest absolute Gasteiger partial charge is 0.495 e. The summed E-state index contributed by atoms with van der Waals surface area (Å²) in [5.74, 6) is 0.314. The lowest BCUT2D eigenvalue weighted by Crippen LogP contribution is -2.13. The van der Waals surface area contributed by atoms with Crippen LogP contribution < -0.4 is 15.4 Å². The third-order valence-electron chi connectivity index (χ3n) is 3.51. The summed E-state index contributed by atoms with van der Waals surface area (Å²) in [4.78, 5) is 16.6. The van der Waals surface area contributed by atoms with Gasteiger partial charge in [0.1, 0.15) is 5.75 Å². The SMILES string of the molecule is COc1ccccc1NC(=O)c1cncc(Nc2ccccc2Cl)c1. The lowest BCUT2D eigenvalue weighted by atomic mass is 10.2. The van der Waals surface area contributed by atoms with Gasteiger partial charge in [0.15, 0.2) is 0 Å². The molecular weight excluding hydrogens is 338 g/mol. The van der Waals surface area contributed by atoms with E-state index in [0.717, 1.165) is 5.69 Å². The van der Waals surface area contributed by atoms with Crippen LogP contribution >= 0.6 is 11.6 Å². The topological polar surface area (TPSA) is 63.2 Å². The second kappa shape index (κ2) is 7.68. The quantitative estimate of drug-likeness (QED) is 0.695. The maximum atomic E-state index is 12.5. The van der Waals surface area contributed by atoms with Gasteiger partial charge in [0.05, 0.1) is 41.0 Å². The minimum atomic E-state index is -0.278. The molecule has 3 rings (SSSR count). The summed E-state index contributed by atoms with van der Waals surface area (Å²) in [6.45, 7) is 0. The molecule has 0 unspecified atom stereocenters. The van der Waals surface area contributed by atoms with Gasteiger partial charge in [-0.25, -0.2) is 0 Å². The van der Waals surface area contributed by atoms with E-state index in [0.29, 0.717) is 27.7 Å². The summed E-state index contributed by atoms with van der Waals surface area (Å²) in [7, 11) is 1.56. The van der Waals surface area contributed by atoms with E-state index in [9.17, 15) is 4.79 Å². The molecule has 0 aliphatic heterocycles. The van der Waals surface area contributed by atoms with Crippen molar-refractivity contribution in [3.8, 4) is 5.75 Å². The van der Waals surface area contributed by atoms with Crippen LogP contribution in [0, 0.1) is 0 Å². The van der Waals surface area contributed by atoms with Gasteiger partial charge in [-0.15, -0.1) is 0 Å². The van der Waals surface area contributed by atoms with E-state index in [1.54, 1.807) is 37.6 Å². The van der Waals surface area contributed by atoms with Gasteiger partial charge in [0.2, 0.25) is 0 Å². The molecule has 0 bridgehead atoms. The summed E-state index contributed by atoms with van der Waals surface area (Å²) in [6, 6.07) is 16.3. The van der Waals surface area contributed by atoms with Gasteiger partial charge in [-0.2, -0.15) is 0 Å². The number of nitrogens with one attached hydrogen (secondary N) is 2. The third kappa shape index (κ3) is 4.08. The number of amides is 1. The molecule has 0 saturated carbocycles. The molecule has 1 amide bonds. The van der Waals surface area contributed by atoms with Gasteiger partial charge in [-0.3, -0.25) is 9.78 Å². The van der Waals surface area contributed by atoms with E-state index in [-0.39, 0.29) is 5.91 Å². The normalized spacial score (nSPS) is 10.2. The molecule has 3 aromatic rings. The zero-order valence-corrected chi connectivity index (χ0v) is 14.2. The lowest BCUT2D eigenvalue weighted by Gasteiger charge is -2.11. The van der Waals surface area contributed by atoms with E-state index in [1.165, 1.54) is 6.20 Å². The number of benzene rings is 2. The third-order valence-corrected chi connectivity index (χ3v) is 3.84. The molecule has 0 atom stereocenters. The number of methoxy groups -OCH3 is 1. The van der Waals surface area contributed by atoms with Crippen molar-refractivity contribution < 1.29 is 9.53 Å². The minimum Gasteiger partial charge on any atom is -0.495 e. The number of halogens is 1. The number of carbonyl (C=O) groups excluding carboxylic acids is 1. The molecule has 2 aromatic carbocycles. The minimum absolute atomic E-state index is 0.278. The Bertz CT molecular complexity index is 899. The van der Waals surface area contributed by atoms with Crippen LogP contribution in [0.5, 0.6) is 5.75 Å². The predicted octanol–water partition coefficient (Wildman–Crippen LogP) is 4.74. The van der Waals surface area contributed by atoms with Crippen LogP contribution in [-0.4, -0.2) is 18.0 Å². The molecule has 6 heteroatoms. The highest BCUT2D eigenvalue weighted by molar-refractivity contribution is 6.33. The number of para-hydroxylation sites is 3. The average Bonchev–Trinajstić information content (AvgIpc) is 2.64. The van der Waals surface area contributed by atoms with Crippen molar-refractivity contribution in [2.24, 2.45) is 0 Å². The van der Waals surface area contributed by atoms with Crippen molar-refractivity contribution >= 4 is 34.6 Å². The average molecular weight is 354 g/mol. The first-order chi connectivity index (χ1) is 12.2. The Labute approximate surface area is 150 Å². The lowest BCUT2D eigenvalue weighted by molar-refractivity contribution is 0.102. The number of rotatable bonds is 5. The summed E-state index contributed by atoms with van der Waals surface area (Å²) in [5.41, 5.74) is 2.43.